The zero-order valence-corrected chi connectivity index (χ0v) is 26.0. The van der Waals surface area contributed by atoms with Crippen LogP contribution in [0.4, 0.5) is 11.4 Å². The van der Waals surface area contributed by atoms with E-state index in [0.717, 1.165) is 43.2 Å². The van der Waals surface area contributed by atoms with E-state index in [4.69, 9.17) is 28.4 Å². The third-order valence-electron chi connectivity index (χ3n) is 6.87. The van der Waals surface area contributed by atoms with Crippen LogP contribution in [-0.4, -0.2) is 80.9 Å². The Balaban J connectivity index is 1.11. The number of ether oxygens (including phenoxy) is 6. The van der Waals surface area contributed by atoms with Gasteiger partial charge in [-0.05, 0) is 67.1 Å². The second-order valence-electron chi connectivity index (χ2n) is 10.4. The molecule has 0 radical (unpaired) electrons. The minimum atomic E-state index is 0.376. The minimum Gasteiger partial charge on any atom is -0.494 e. The largest absolute Gasteiger partial charge is 0.494 e. The third kappa shape index (κ3) is 11.8. The van der Waals surface area contributed by atoms with Crippen LogP contribution < -0.4 is 14.2 Å². The second kappa shape index (κ2) is 19.2. The summed E-state index contributed by atoms with van der Waals surface area (Å²) >= 11 is 0. The Kier molecular flexibility index (Phi) is 13.7. The molecule has 0 fully saturated rings. The van der Waals surface area contributed by atoms with E-state index in [0.29, 0.717) is 82.3 Å². The average molecular weight is 628 g/mol. The number of hydrogen-bond acceptors (Lipinski definition) is 11. The molecule has 0 amide bonds. The van der Waals surface area contributed by atoms with Crippen LogP contribution >= 0.6 is 0 Å². The highest BCUT2D eigenvalue weighted by atomic mass is 16.6. The Labute approximate surface area is 270 Å². The van der Waals surface area contributed by atoms with E-state index in [1.807, 2.05) is 91.3 Å². The van der Waals surface area contributed by atoms with Gasteiger partial charge in [0.15, 0.2) is 11.5 Å². The number of rotatable bonds is 11. The Bertz CT molecular complexity index is 1400. The summed E-state index contributed by atoms with van der Waals surface area (Å²) < 4.78 is 34.4. The van der Waals surface area contributed by atoms with Crippen LogP contribution in [0.1, 0.15) is 17.8 Å². The van der Waals surface area contributed by atoms with Gasteiger partial charge in [-0.15, -0.1) is 0 Å². The van der Waals surface area contributed by atoms with Gasteiger partial charge in [-0.25, -0.2) is 0 Å². The number of benzene rings is 2. The lowest BCUT2D eigenvalue weighted by Gasteiger charge is -2.21. The first kappa shape index (κ1) is 33.0. The average Bonchev–Trinajstić information content (AvgIpc) is 3.10. The van der Waals surface area contributed by atoms with Gasteiger partial charge in [-0.2, -0.15) is 10.2 Å². The summed E-state index contributed by atoms with van der Waals surface area (Å²) in [4.78, 5) is 11.3. The summed E-state index contributed by atoms with van der Waals surface area (Å²) in [7, 11) is 0. The maximum absolute atomic E-state index is 6.03. The van der Waals surface area contributed by atoms with Gasteiger partial charge in [-0.1, -0.05) is 12.1 Å². The van der Waals surface area contributed by atoms with Crippen molar-refractivity contribution in [1.29, 1.82) is 0 Å². The molecule has 0 saturated heterocycles. The van der Waals surface area contributed by atoms with Crippen LogP contribution in [-0.2, 0) is 27.3 Å². The number of pyridine rings is 2. The van der Waals surface area contributed by atoms with Gasteiger partial charge in [0.05, 0.1) is 69.0 Å². The number of nitrogens with zero attached hydrogens (tertiary/aromatic N) is 5. The molecule has 11 nitrogen and oxygen atoms in total. The van der Waals surface area contributed by atoms with Crippen LogP contribution in [0.5, 0.6) is 17.2 Å². The lowest BCUT2D eigenvalue weighted by atomic mass is 10.2. The Morgan fingerprint density at radius 1 is 0.609 bits per heavy atom. The van der Waals surface area contributed by atoms with Crippen LogP contribution in [0, 0.1) is 0 Å². The van der Waals surface area contributed by atoms with E-state index in [1.165, 1.54) is 0 Å². The minimum absolute atomic E-state index is 0.376. The fourth-order valence-electron chi connectivity index (χ4n) is 4.61. The molecule has 46 heavy (non-hydrogen) atoms. The van der Waals surface area contributed by atoms with Crippen LogP contribution in [0.3, 0.4) is 0 Å². The zero-order chi connectivity index (χ0) is 31.5. The number of azo groups is 1. The van der Waals surface area contributed by atoms with Crippen molar-refractivity contribution in [3.63, 3.8) is 0 Å². The summed E-state index contributed by atoms with van der Waals surface area (Å²) in [6.45, 7) is 6.67. The van der Waals surface area contributed by atoms with Crippen LogP contribution in [0.15, 0.2) is 101 Å². The van der Waals surface area contributed by atoms with E-state index in [2.05, 4.69) is 25.1 Å². The molecule has 5 rings (SSSR count). The molecular weight excluding hydrogens is 586 g/mol. The quantitative estimate of drug-likeness (QED) is 0.142. The van der Waals surface area contributed by atoms with Crippen molar-refractivity contribution in [2.24, 2.45) is 10.2 Å². The zero-order valence-electron chi connectivity index (χ0n) is 26.0. The molecule has 1 aliphatic heterocycles. The monoisotopic (exact) mass is 627 g/mol. The van der Waals surface area contributed by atoms with Crippen molar-refractivity contribution in [3.8, 4) is 17.2 Å². The first-order valence-electron chi connectivity index (χ1n) is 15.6. The summed E-state index contributed by atoms with van der Waals surface area (Å²) in [5.74, 6) is 1.98. The Morgan fingerprint density at radius 2 is 1.17 bits per heavy atom. The smallest absolute Gasteiger partial charge is 0.163 e. The molecule has 11 heteroatoms. The van der Waals surface area contributed by atoms with Gasteiger partial charge in [0.1, 0.15) is 19.0 Å². The molecule has 3 heterocycles. The van der Waals surface area contributed by atoms with Gasteiger partial charge in [0.2, 0.25) is 0 Å². The summed E-state index contributed by atoms with van der Waals surface area (Å²) in [5, 5.41) is 8.81. The van der Waals surface area contributed by atoms with E-state index in [1.54, 1.807) is 0 Å². The predicted octanol–water partition coefficient (Wildman–Crippen LogP) is 6.18. The second-order valence-corrected chi connectivity index (χ2v) is 10.4. The summed E-state index contributed by atoms with van der Waals surface area (Å²) in [6.07, 6.45) is 4.52. The van der Waals surface area contributed by atoms with Gasteiger partial charge >= 0.3 is 0 Å². The molecule has 0 spiro atoms. The molecule has 0 unspecified atom stereocenters. The number of hydrogen-bond donors (Lipinski definition) is 0. The topological polar surface area (TPSA) is 109 Å². The SMILES string of the molecule is c1ccc(CN(CCCOc2ccc(N=Nc3ccc4c(c3)OCCOCCOCCOCCO4)cc2)Cc2ccccn2)nc1. The lowest BCUT2D eigenvalue weighted by molar-refractivity contribution is 0.00708. The van der Waals surface area contributed by atoms with E-state index in [-0.39, 0.29) is 0 Å². The molecule has 2 aromatic heterocycles. The van der Waals surface area contributed by atoms with Gasteiger partial charge in [0.25, 0.3) is 0 Å². The molecule has 0 atom stereocenters. The molecule has 0 saturated carbocycles. The number of fused-ring (bicyclic) bond motifs is 1. The summed E-state index contributed by atoms with van der Waals surface area (Å²) in [5.41, 5.74) is 3.42. The van der Waals surface area contributed by atoms with Crippen molar-refractivity contribution in [2.75, 3.05) is 66.0 Å². The van der Waals surface area contributed by atoms with Crippen molar-refractivity contribution >= 4 is 11.4 Å². The predicted molar refractivity (Wildman–Crippen MR) is 173 cm³/mol. The van der Waals surface area contributed by atoms with Gasteiger partial charge in [0, 0.05) is 38.1 Å². The highest BCUT2D eigenvalue weighted by Crippen LogP contribution is 2.33. The highest BCUT2D eigenvalue weighted by molar-refractivity contribution is 5.52. The fourth-order valence-corrected chi connectivity index (χ4v) is 4.61. The lowest BCUT2D eigenvalue weighted by Crippen LogP contribution is -2.26. The van der Waals surface area contributed by atoms with E-state index < -0.39 is 0 Å². The van der Waals surface area contributed by atoms with Crippen molar-refractivity contribution in [3.05, 3.63) is 103 Å². The maximum Gasteiger partial charge on any atom is 0.163 e. The van der Waals surface area contributed by atoms with Gasteiger partial charge in [-0.3, -0.25) is 14.9 Å². The van der Waals surface area contributed by atoms with Crippen molar-refractivity contribution < 1.29 is 28.4 Å². The molecule has 2 aromatic carbocycles. The molecule has 1 aliphatic rings. The summed E-state index contributed by atoms with van der Waals surface area (Å²) in [6, 6.07) is 25.1. The Morgan fingerprint density at radius 3 is 1.78 bits per heavy atom. The normalized spacial score (nSPS) is 14.9. The van der Waals surface area contributed by atoms with Crippen LogP contribution in [0.2, 0.25) is 0 Å². The van der Waals surface area contributed by atoms with Gasteiger partial charge < -0.3 is 28.4 Å². The fraction of sp³-hybridized carbons (Fsp3) is 0.371. The Hall–Kier alpha value is -4.42. The van der Waals surface area contributed by atoms with E-state index in [9.17, 15) is 0 Å². The highest BCUT2D eigenvalue weighted by Gasteiger charge is 2.10. The van der Waals surface area contributed by atoms with Crippen molar-refractivity contribution in [1.82, 2.24) is 14.9 Å². The van der Waals surface area contributed by atoms with E-state index >= 15 is 0 Å². The molecule has 242 valence electrons. The molecule has 0 N–H and O–H groups in total. The maximum atomic E-state index is 6.03. The molecule has 0 aliphatic carbocycles. The molecule has 4 aromatic rings. The third-order valence-corrected chi connectivity index (χ3v) is 6.87. The number of aromatic nitrogens is 2. The first-order chi connectivity index (χ1) is 22.8. The van der Waals surface area contributed by atoms with Crippen molar-refractivity contribution in [2.45, 2.75) is 19.5 Å². The van der Waals surface area contributed by atoms with Crippen LogP contribution in [0.25, 0.3) is 0 Å². The standard InChI is InChI=1S/C35H41N5O6/c1-3-14-36-31(6-1)27-40(28-32-7-2-4-15-37-32)16-5-17-44-33-11-8-29(9-12-33)38-39-30-10-13-34-35(26-30)46-25-23-43-21-19-41-18-20-42-22-24-45-34/h1-4,6-15,26H,5,16-25,27-28H2. The molecular formula is C35H41N5O6. The molecule has 0 bridgehead atoms. The first-order valence-corrected chi connectivity index (χ1v) is 15.6.